The smallest absolute Gasteiger partial charge is 0.217 e. The number of nitrogens with two attached hydrogens (primary N) is 1. The molecule has 0 saturated carbocycles. The Kier molecular flexibility index (Phi) is 2.84. The Hall–Kier alpha value is -0.610. The zero-order valence-electron chi connectivity index (χ0n) is 5.71. The zero-order valence-corrected chi connectivity index (χ0v) is 7.28. The normalized spacial score (nSPS) is 9.91. The summed E-state index contributed by atoms with van der Waals surface area (Å²) in [6.45, 7) is 0. The van der Waals surface area contributed by atoms with Crippen molar-refractivity contribution in [2.45, 2.75) is 12.8 Å². The average molecular weight is 191 g/mol. The Balaban J connectivity index is 2.45. The minimum atomic E-state index is -0.297. The fraction of sp³-hybridized carbons (Fsp3) is 0.333. The summed E-state index contributed by atoms with van der Waals surface area (Å²) in [5.41, 5.74) is 4.96. The van der Waals surface area contributed by atoms with Crippen molar-refractivity contribution in [1.29, 1.82) is 0 Å². The third-order valence-electron chi connectivity index (χ3n) is 1.14. The minimum Gasteiger partial charge on any atom is -0.370 e. The standard InChI is InChI=1S/C6H7ClN2OS/c7-6-9-3-4(11-6)1-2-5(8)10/h3H,1-2H2,(H2,8,10). The van der Waals surface area contributed by atoms with Crippen molar-refractivity contribution in [3.8, 4) is 0 Å². The Morgan fingerprint density at radius 2 is 2.55 bits per heavy atom. The van der Waals surface area contributed by atoms with Gasteiger partial charge in [0.1, 0.15) is 0 Å². The summed E-state index contributed by atoms with van der Waals surface area (Å²) < 4.78 is 0.504. The molecular weight excluding hydrogens is 184 g/mol. The van der Waals surface area contributed by atoms with E-state index in [4.69, 9.17) is 17.3 Å². The van der Waals surface area contributed by atoms with Crippen LogP contribution in [0.2, 0.25) is 4.47 Å². The van der Waals surface area contributed by atoms with Gasteiger partial charge in [-0.2, -0.15) is 0 Å². The van der Waals surface area contributed by atoms with Crippen molar-refractivity contribution in [3.63, 3.8) is 0 Å². The van der Waals surface area contributed by atoms with Crippen LogP contribution in [0.4, 0.5) is 0 Å². The molecule has 60 valence electrons. The monoisotopic (exact) mass is 190 g/mol. The minimum absolute atomic E-state index is 0.297. The van der Waals surface area contributed by atoms with Gasteiger partial charge >= 0.3 is 0 Å². The number of hydrogen-bond acceptors (Lipinski definition) is 3. The number of aryl methyl sites for hydroxylation is 1. The lowest BCUT2D eigenvalue weighted by Gasteiger charge is -1.89. The largest absolute Gasteiger partial charge is 0.370 e. The molecule has 0 fully saturated rings. The topological polar surface area (TPSA) is 56.0 Å². The molecule has 0 aliphatic rings. The van der Waals surface area contributed by atoms with Crippen molar-refractivity contribution in [1.82, 2.24) is 4.98 Å². The Morgan fingerprint density at radius 1 is 1.82 bits per heavy atom. The van der Waals surface area contributed by atoms with Gasteiger partial charge in [0.25, 0.3) is 0 Å². The van der Waals surface area contributed by atoms with Crippen LogP contribution in [0.1, 0.15) is 11.3 Å². The summed E-state index contributed by atoms with van der Waals surface area (Å²) in [5, 5.41) is 0. The highest BCUT2D eigenvalue weighted by Gasteiger charge is 2.00. The number of halogens is 1. The Bertz CT molecular complexity index is 261. The molecule has 0 bridgehead atoms. The highest BCUT2D eigenvalue weighted by Crippen LogP contribution is 2.18. The van der Waals surface area contributed by atoms with Crippen LogP contribution in [0.25, 0.3) is 0 Å². The van der Waals surface area contributed by atoms with E-state index in [0.29, 0.717) is 17.3 Å². The van der Waals surface area contributed by atoms with Gasteiger partial charge in [-0.05, 0) is 6.42 Å². The van der Waals surface area contributed by atoms with Gasteiger partial charge in [-0.25, -0.2) is 4.98 Å². The van der Waals surface area contributed by atoms with Gasteiger partial charge in [0, 0.05) is 17.5 Å². The van der Waals surface area contributed by atoms with E-state index < -0.39 is 0 Å². The molecule has 0 atom stereocenters. The van der Waals surface area contributed by atoms with Gasteiger partial charge in [0.2, 0.25) is 5.91 Å². The molecule has 0 spiro atoms. The van der Waals surface area contributed by atoms with E-state index in [1.54, 1.807) is 6.20 Å². The lowest BCUT2D eigenvalue weighted by atomic mass is 10.3. The lowest BCUT2D eigenvalue weighted by molar-refractivity contribution is -0.117. The summed E-state index contributed by atoms with van der Waals surface area (Å²) in [7, 11) is 0. The van der Waals surface area contributed by atoms with Crippen LogP contribution in [0.5, 0.6) is 0 Å². The molecule has 0 radical (unpaired) electrons. The van der Waals surface area contributed by atoms with Crippen LogP contribution in [0.3, 0.4) is 0 Å². The summed E-state index contributed by atoms with van der Waals surface area (Å²) in [4.78, 5) is 15.2. The molecule has 11 heavy (non-hydrogen) atoms. The van der Waals surface area contributed by atoms with Crippen LogP contribution in [0.15, 0.2) is 6.20 Å². The zero-order chi connectivity index (χ0) is 8.27. The quantitative estimate of drug-likeness (QED) is 0.779. The van der Waals surface area contributed by atoms with E-state index in [1.807, 2.05) is 0 Å². The Morgan fingerprint density at radius 3 is 3.00 bits per heavy atom. The molecule has 1 heterocycles. The third kappa shape index (κ3) is 2.86. The first-order chi connectivity index (χ1) is 5.18. The van der Waals surface area contributed by atoms with Gasteiger partial charge in [0.15, 0.2) is 4.47 Å². The van der Waals surface area contributed by atoms with E-state index in [1.165, 1.54) is 11.3 Å². The molecule has 1 amide bonds. The van der Waals surface area contributed by atoms with Gasteiger partial charge in [-0.1, -0.05) is 11.6 Å². The maximum Gasteiger partial charge on any atom is 0.217 e. The lowest BCUT2D eigenvalue weighted by Crippen LogP contribution is -2.10. The van der Waals surface area contributed by atoms with Crippen LogP contribution < -0.4 is 5.73 Å². The van der Waals surface area contributed by atoms with Gasteiger partial charge in [-0.3, -0.25) is 4.79 Å². The molecule has 0 aliphatic heterocycles. The molecule has 0 aliphatic carbocycles. The first-order valence-electron chi connectivity index (χ1n) is 3.07. The predicted octanol–water partition coefficient (Wildman–Crippen LogP) is 1.21. The molecule has 2 N–H and O–H groups in total. The van der Waals surface area contributed by atoms with E-state index in [9.17, 15) is 4.79 Å². The van der Waals surface area contributed by atoms with Crippen LogP contribution in [-0.2, 0) is 11.2 Å². The maximum atomic E-state index is 10.4. The highest BCUT2D eigenvalue weighted by atomic mass is 35.5. The SMILES string of the molecule is NC(=O)CCc1cnc(Cl)s1. The summed E-state index contributed by atoms with van der Waals surface area (Å²) >= 11 is 6.94. The first kappa shape index (κ1) is 8.49. The fourth-order valence-electron chi connectivity index (χ4n) is 0.646. The van der Waals surface area contributed by atoms with Crippen molar-refractivity contribution in [3.05, 3.63) is 15.5 Å². The second-order valence-electron chi connectivity index (χ2n) is 2.05. The van der Waals surface area contributed by atoms with Crippen LogP contribution in [-0.4, -0.2) is 10.9 Å². The molecular formula is C6H7ClN2OS. The van der Waals surface area contributed by atoms with E-state index in [2.05, 4.69) is 4.98 Å². The third-order valence-corrected chi connectivity index (χ3v) is 2.32. The average Bonchev–Trinajstić information content (AvgIpc) is 2.31. The number of nitrogens with zero attached hydrogens (tertiary/aromatic N) is 1. The van der Waals surface area contributed by atoms with Crippen molar-refractivity contribution in [2.24, 2.45) is 5.73 Å². The van der Waals surface area contributed by atoms with Gasteiger partial charge in [0.05, 0.1) is 0 Å². The number of aromatic nitrogens is 1. The highest BCUT2D eigenvalue weighted by molar-refractivity contribution is 7.15. The van der Waals surface area contributed by atoms with Crippen molar-refractivity contribution < 1.29 is 4.79 Å². The number of hydrogen-bond donors (Lipinski definition) is 1. The van der Waals surface area contributed by atoms with E-state index >= 15 is 0 Å². The number of carbonyl (C=O) groups is 1. The fourth-order valence-corrected chi connectivity index (χ4v) is 1.62. The van der Waals surface area contributed by atoms with E-state index in [-0.39, 0.29) is 5.91 Å². The number of thiazole rings is 1. The molecule has 0 unspecified atom stereocenters. The number of primary amides is 1. The molecule has 0 aromatic carbocycles. The second kappa shape index (κ2) is 3.69. The molecule has 3 nitrogen and oxygen atoms in total. The summed E-state index contributed by atoms with van der Waals surface area (Å²) in [6, 6.07) is 0. The van der Waals surface area contributed by atoms with Gasteiger partial charge < -0.3 is 5.73 Å². The molecule has 5 heteroatoms. The molecule has 1 aromatic heterocycles. The number of carbonyl (C=O) groups excluding carboxylic acids is 1. The van der Waals surface area contributed by atoms with Crippen LogP contribution in [0, 0.1) is 0 Å². The van der Waals surface area contributed by atoms with Gasteiger partial charge in [-0.15, -0.1) is 11.3 Å². The molecule has 1 aromatic rings. The van der Waals surface area contributed by atoms with E-state index in [0.717, 1.165) is 4.88 Å². The van der Waals surface area contributed by atoms with Crippen molar-refractivity contribution >= 4 is 28.8 Å². The second-order valence-corrected chi connectivity index (χ2v) is 3.74. The number of rotatable bonds is 3. The molecule has 1 rings (SSSR count). The Labute approximate surface area is 73.2 Å². The van der Waals surface area contributed by atoms with Crippen molar-refractivity contribution in [2.75, 3.05) is 0 Å². The molecule has 0 saturated heterocycles. The predicted molar refractivity (Wildman–Crippen MR) is 44.6 cm³/mol. The maximum absolute atomic E-state index is 10.4. The van der Waals surface area contributed by atoms with Crippen LogP contribution >= 0.6 is 22.9 Å². The summed E-state index contributed by atoms with van der Waals surface area (Å²) in [5.74, 6) is -0.297. The summed E-state index contributed by atoms with van der Waals surface area (Å²) in [6.07, 6.45) is 2.66. The first-order valence-corrected chi connectivity index (χ1v) is 4.26. The number of amides is 1.